The average molecular weight is 402 g/mol. The highest BCUT2D eigenvalue weighted by atomic mass is 16.7. The van der Waals surface area contributed by atoms with Gasteiger partial charge in [-0.2, -0.15) is 0 Å². The van der Waals surface area contributed by atoms with Crippen molar-refractivity contribution in [1.29, 1.82) is 0 Å². The maximum atomic E-state index is 10.5. The van der Waals surface area contributed by atoms with Gasteiger partial charge in [0.1, 0.15) is 5.75 Å². The van der Waals surface area contributed by atoms with Gasteiger partial charge in [-0.25, -0.2) is 0 Å². The van der Waals surface area contributed by atoms with Crippen LogP contribution >= 0.6 is 0 Å². The third-order valence-corrected chi connectivity index (χ3v) is 4.61. The molecule has 2 aromatic carbocycles. The first-order valence-corrected chi connectivity index (χ1v) is 10.0. The second kappa shape index (κ2) is 10.5. The predicted molar refractivity (Wildman–Crippen MR) is 111 cm³/mol. The van der Waals surface area contributed by atoms with Crippen LogP contribution in [0.3, 0.4) is 0 Å². The highest BCUT2D eigenvalue weighted by Crippen LogP contribution is 2.33. The Kier molecular flexibility index (Phi) is 7.75. The molecule has 6 heteroatoms. The second-order valence-electron chi connectivity index (χ2n) is 7.79. The van der Waals surface area contributed by atoms with E-state index >= 15 is 0 Å². The van der Waals surface area contributed by atoms with Crippen molar-refractivity contribution < 1.29 is 24.1 Å². The molecule has 1 N–H and O–H groups in total. The van der Waals surface area contributed by atoms with Crippen molar-refractivity contribution in [1.82, 2.24) is 4.90 Å². The summed E-state index contributed by atoms with van der Waals surface area (Å²) in [4.78, 5) is 2.20. The molecule has 0 spiro atoms. The summed E-state index contributed by atoms with van der Waals surface area (Å²) in [6.45, 7) is 7.30. The first-order chi connectivity index (χ1) is 14.0. The fourth-order valence-corrected chi connectivity index (χ4v) is 3.30. The molecule has 0 aromatic heterocycles. The van der Waals surface area contributed by atoms with Crippen LogP contribution in [0.1, 0.15) is 25.0 Å². The number of aliphatic hydroxyl groups excluding tert-OH is 1. The predicted octanol–water partition coefficient (Wildman–Crippen LogP) is 3.46. The third kappa shape index (κ3) is 6.63. The smallest absolute Gasteiger partial charge is 0.231 e. The molecule has 0 saturated heterocycles. The van der Waals surface area contributed by atoms with E-state index in [4.69, 9.17) is 18.9 Å². The van der Waals surface area contributed by atoms with Gasteiger partial charge in [-0.15, -0.1) is 0 Å². The van der Waals surface area contributed by atoms with E-state index < -0.39 is 6.10 Å². The van der Waals surface area contributed by atoms with E-state index in [1.807, 2.05) is 36.4 Å². The SMILES string of the molecule is COc1cccc(CN(Cc2ccc3c(c2)OCO3)C[C@@H](O)COCC(C)C)c1. The van der Waals surface area contributed by atoms with E-state index in [1.165, 1.54) is 0 Å². The van der Waals surface area contributed by atoms with Crippen LogP contribution in [-0.4, -0.2) is 49.8 Å². The Labute approximate surface area is 173 Å². The molecule has 0 fully saturated rings. The Morgan fingerprint density at radius 3 is 2.52 bits per heavy atom. The van der Waals surface area contributed by atoms with Crippen molar-refractivity contribution >= 4 is 0 Å². The van der Waals surface area contributed by atoms with E-state index in [-0.39, 0.29) is 6.79 Å². The van der Waals surface area contributed by atoms with Crippen molar-refractivity contribution in [3.05, 3.63) is 53.6 Å². The Bertz CT molecular complexity index is 780. The van der Waals surface area contributed by atoms with Crippen LogP contribution < -0.4 is 14.2 Å². The molecule has 158 valence electrons. The van der Waals surface area contributed by atoms with E-state index in [0.29, 0.717) is 38.8 Å². The summed E-state index contributed by atoms with van der Waals surface area (Å²) in [5.41, 5.74) is 2.23. The number of nitrogens with zero attached hydrogens (tertiary/aromatic N) is 1. The standard InChI is InChI=1S/C23H31NO5/c1-17(2)14-27-15-20(25)13-24(11-18-5-4-6-21(9-18)26-3)12-19-7-8-22-23(10-19)29-16-28-22/h4-10,17,20,25H,11-16H2,1-3H3/t20-/m1/s1. The van der Waals surface area contributed by atoms with Crippen LogP contribution in [-0.2, 0) is 17.8 Å². The number of hydrogen-bond donors (Lipinski definition) is 1. The van der Waals surface area contributed by atoms with Crippen molar-refractivity contribution in [2.24, 2.45) is 5.92 Å². The van der Waals surface area contributed by atoms with Gasteiger partial charge in [0.25, 0.3) is 0 Å². The van der Waals surface area contributed by atoms with Gasteiger partial charge in [-0.05, 0) is 41.3 Å². The lowest BCUT2D eigenvalue weighted by Crippen LogP contribution is -2.34. The summed E-state index contributed by atoms with van der Waals surface area (Å²) in [5, 5.41) is 10.5. The summed E-state index contributed by atoms with van der Waals surface area (Å²) in [7, 11) is 1.67. The van der Waals surface area contributed by atoms with E-state index in [9.17, 15) is 5.11 Å². The van der Waals surface area contributed by atoms with Crippen LogP contribution in [0.25, 0.3) is 0 Å². The summed E-state index contributed by atoms with van der Waals surface area (Å²) >= 11 is 0. The molecule has 3 rings (SSSR count). The van der Waals surface area contributed by atoms with Crippen LogP contribution in [0.5, 0.6) is 17.2 Å². The molecule has 2 aromatic rings. The van der Waals surface area contributed by atoms with Gasteiger partial charge < -0.3 is 24.1 Å². The molecule has 0 unspecified atom stereocenters. The Balaban J connectivity index is 1.68. The molecule has 0 aliphatic carbocycles. The summed E-state index contributed by atoms with van der Waals surface area (Å²) < 4.78 is 21.9. The Hall–Kier alpha value is -2.28. The fourth-order valence-electron chi connectivity index (χ4n) is 3.30. The Morgan fingerprint density at radius 2 is 1.76 bits per heavy atom. The van der Waals surface area contributed by atoms with Gasteiger partial charge in [0.2, 0.25) is 6.79 Å². The van der Waals surface area contributed by atoms with Gasteiger partial charge in [0, 0.05) is 26.2 Å². The maximum absolute atomic E-state index is 10.5. The maximum Gasteiger partial charge on any atom is 0.231 e. The summed E-state index contributed by atoms with van der Waals surface area (Å²) in [5.74, 6) is 2.81. The summed E-state index contributed by atoms with van der Waals surface area (Å²) in [6.07, 6.45) is -0.562. The number of rotatable bonds is 11. The zero-order valence-corrected chi connectivity index (χ0v) is 17.5. The van der Waals surface area contributed by atoms with Gasteiger partial charge in [-0.1, -0.05) is 32.0 Å². The quantitative estimate of drug-likeness (QED) is 0.622. The monoisotopic (exact) mass is 401 g/mol. The minimum Gasteiger partial charge on any atom is -0.497 e. The lowest BCUT2D eigenvalue weighted by molar-refractivity contribution is 0.00553. The van der Waals surface area contributed by atoms with E-state index in [2.05, 4.69) is 24.8 Å². The largest absolute Gasteiger partial charge is 0.497 e. The van der Waals surface area contributed by atoms with Crippen LogP contribution in [0.4, 0.5) is 0 Å². The van der Waals surface area contributed by atoms with Crippen molar-refractivity contribution in [2.75, 3.05) is 33.7 Å². The highest BCUT2D eigenvalue weighted by molar-refractivity contribution is 5.44. The molecule has 6 nitrogen and oxygen atoms in total. The highest BCUT2D eigenvalue weighted by Gasteiger charge is 2.17. The number of hydrogen-bond acceptors (Lipinski definition) is 6. The molecule has 0 bridgehead atoms. The van der Waals surface area contributed by atoms with Gasteiger partial charge in [0.15, 0.2) is 11.5 Å². The number of methoxy groups -OCH3 is 1. The molecule has 0 amide bonds. The third-order valence-electron chi connectivity index (χ3n) is 4.61. The van der Waals surface area contributed by atoms with Crippen LogP contribution in [0.15, 0.2) is 42.5 Å². The van der Waals surface area contributed by atoms with Gasteiger partial charge >= 0.3 is 0 Å². The molecular formula is C23H31NO5. The van der Waals surface area contributed by atoms with Crippen LogP contribution in [0.2, 0.25) is 0 Å². The first-order valence-electron chi connectivity index (χ1n) is 10.0. The number of fused-ring (bicyclic) bond motifs is 1. The minimum absolute atomic E-state index is 0.262. The molecule has 0 radical (unpaired) electrons. The summed E-state index contributed by atoms with van der Waals surface area (Å²) in [6, 6.07) is 14.0. The first kappa shape index (κ1) is 21.4. The molecule has 1 aliphatic heterocycles. The number of benzene rings is 2. The van der Waals surface area contributed by atoms with Crippen molar-refractivity contribution in [3.8, 4) is 17.2 Å². The van der Waals surface area contributed by atoms with Gasteiger partial charge in [0.05, 0.1) is 19.8 Å². The molecule has 1 atom stereocenters. The lowest BCUT2D eigenvalue weighted by atomic mass is 10.1. The van der Waals surface area contributed by atoms with E-state index in [1.54, 1.807) is 7.11 Å². The molecule has 29 heavy (non-hydrogen) atoms. The van der Waals surface area contributed by atoms with Gasteiger partial charge in [-0.3, -0.25) is 4.90 Å². The Morgan fingerprint density at radius 1 is 1.00 bits per heavy atom. The fraction of sp³-hybridized carbons (Fsp3) is 0.478. The molecular weight excluding hydrogens is 370 g/mol. The lowest BCUT2D eigenvalue weighted by Gasteiger charge is -2.26. The molecule has 0 saturated carbocycles. The topological polar surface area (TPSA) is 60.4 Å². The second-order valence-corrected chi connectivity index (χ2v) is 7.79. The molecule has 1 aliphatic rings. The average Bonchev–Trinajstić information content (AvgIpc) is 3.15. The van der Waals surface area contributed by atoms with E-state index in [0.717, 1.165) is 28.4 Å². The zero-order chi connectivity index (χ0) is 20.6. The number of ether oxygens (including phenoxy) is 4. The van der Waals surface area contributed by atoms with Crippen LogP contribution in [0, 0.1) is 5.92 Å². The minimum atomic E-state index is -0.562. The number of aliphatic hydroxyl groups is 1. The molecule has 1 heterocycles. The zero-order valence-electron chi connectivity index (χ0n) is 17.5. The van der Waals surface area contributed by atoms with Crippen molar-refractivity contribution in [3.63, 3.8) is 0 Å². The normalized spacial score (nSPS) is 13.9. The van der Waals surface area contributed by atoms with Crippen molar-refractivity contribution in [2.45, 2.75) is 33.0 Å².